The molecule has 1 saturated heterocycles. The lowest BCUT2D eigenvalue weighted by molar-refractivity contribution is -0.148. The molecule has 1 aromatic carbocycles. The molecule has 1 heterocycles. The predicted molar refractivity (Wildman–Crippen MR) is 269 cm³/mol. The van der Waals surface area contributed by atoms with E-state index in [0.29, 0.717) is 12.0 Å². The molecule has 1 aliphatic rings. The van der Waals surface area contributed by atoms with Crippen LogP contribution in [0.25, 0.3) is 0 Å². The van der Waals surface area contributed by atoms with Crippen molar-refractivity contribution in [2.45, 2.75) is 136 Å². The molecule has 402 valence electrons. The number of benzene rings is 1. The average molecular weight is 1020 g/mol. The van der Waals surface area contributed by atoms with Crippen molar-refractivity contribution in [3.63, 3.8) is 0 Å². The second kappa shape index (κ2) is 29.7. The van der Waals surface area contributed by atoms with Crippen LogP contribution in [-0.4, -0.2) is 136 Å². The number of carboxylic acids is 2. The van der Waals surface area contributed by atoms with Crippen LogP contribution in [-0.2, 0) is 59.1 Å². The molecule has 1 aromatic rings. The van der Waals surface area contributed by atoms with Gasteiger partial charge < -0.3 is 63.2 Å². The van der Waals surface area contributed by atoms with Crippen LogP contribution >= 0.6 is 0 Å². The molecule has 2 rings (SSSR count). The molecular formula is C50H74N10O13. The van der Waals surface area contributed by atoms with E-state index in [1.807, 2.05) is 43.3 Å². The van der Waals surface area contributed by atoms with Crippen LogP contribution in [0.2, 0.25) is 0 Å². The number of nitrogens with one attached hydrogen (secondary N) is 6. The molecule has 0 saturated carbocycles. The number of aliphatic imine (C=N–C) groups is 1. The summed E-state index contributed by atoms with van der Waals surface area (Å²) in [4.78, 5) is 138. The van der Waals surface area contributed by atoms with E-state index in [2.05, 4.69) is 43.5 Å². The summed E-state index contributed by atoms with van der Waals surface area (Å²) in [6.45, 7) is 15.9. The second-order valence-electron chi connectivity index (χ2n) is 18.6. The number of carbonyl (C=O) groups excluding carboxylic acids is 8. The number of aliphatic carboxylic acids is 2. The van der Waals surface area contributed by atoms with Crippen LogP contribution in [0.15, 0.2) is 71.4 Å². The number of allylic oxidation sites excluding steroid dienone is 2. The predicted octanol–water partition coefficient (Wildman–Crippen LogP) is 0.535. The zero-order chi connectivity index (χ0) is 55.3. The van der Waals surface area contributed by atoms with E-state index in [9.17, 15) is 58.2 Å². The minimum absolute atomic E-state index is 0.00249. The van der Waals surface area contributed by atoms with Crippen molar-refractivity contribution in [3.8, 4) is 0 Å². The molecule has 0 aliphatic carbocycles. The number of amides is 7. The maximum atomic E-state index is 14.4. The number of hydrogen-bond acceptors (Lipinski definition) is 12. The molecule has 7 amide bonds. The number of carbonyl (C=O) groups is 10. The van der Waals surface area contributed by atoms with Gasteiger partial charge in [0.2, 0.25) is 35.4 Å². The molecule has 3 unspecified atom stereocenters. The van der Waals surface area contributed by atoms with E-state index in [-0.39, 0.29) is 43.6 Å². The molecule has 0 spiro atoms. The van der Waals surface area contributed by atoms with Gasteiger partial charge >= 0.3 is 17.9 Å². The maximum absolute atomic E-state index is 14.4. The lowest BCUT2D eigenvalue weighted by atomic mass is 9.94. The molecule has 0 aromatic heterocycles. The average Bonchev–Trinajstić information content (AvgIpc) is 3.31. The molecule has 1 fully saturated rings. The number of rotatable bonds is 15. The number of ether oxygens (including phenoxy) is 1. The summed E-state index contributed by atoms with van der Waals surface area (Å²) in [7, 11) is 1.20. The fourth-order valence-electron chi connectivity index (χ4n) is 7.52. The summed E-state index contributed by atoms with van der Waals surface area (Å²) in [5.74, 6) is -13.6. The molecule has 12 N–H and O–H groups in total. The largest absolute Gasteiger partial charge is 0.480 e. The van der Waals surface area contributed by atoms with Crippen molar-refractivity contribution in [1.29, 1.82) is 0 Å². The highest BCUT2D eigenvalue weighted by atomic mass is 16.5. The Kier molecular flexibility index (Phi) is 25.0. The van der Waals surface area contributed by atoms with Crippen LogP contribution in [0.1, 0.15) is 93.1 Å². The lowest BCUT2D eigenvalue weighted by Gasteiger charge is -2.28. The Bertz CT molecular complexity index is 2260. The van der Waals surface area contributed by atoms with Gasteiger partial charge in [0, 0.05) is 39.3 Å². The topological polar surface area (TPSA) is 360 Å². The number of esters is 1. The third-order valence-electron chi connectivity index (χ3n) is 12.0. The molecule has 23 nitrogen and oxygen atoms in total. The highest BCUT2D eigenvalue weighted by Crippen LogP contribution is 2.20. The Balaban J connectivity index is 2.76. The Morgan fingerprint density at radius 3 is 2.00 bits per heavy atom. The Morgan fingerprint density at radius 2 is 1.42 bits per heavy atom. The van der Waals surface area contributed by atoms with E-state index in [4.69, 9.17) is 16.2 Å². The second-order valence-corrected chi connectivity index (χ2v) is 18.6. The van der Waals surface area contributed by atoms with Gasteiger partial charge in [-0.3, -0.25) is 43.3 Å². The Morgan fingerprint density at radius 1 is 0.822 bits per heavy atom. The molecule has 1 aliphatic heterocycles. The molecule has 73 heavy (non-hydrogen) atoms. The first kappa shape index (κ1) is 61.5. The molecule has 0 radical (unpaired) electrons. The van der Waals surface area contributed by atoms with E-state index in [1.54, 1.807) is 26.8 Å². The molecule has 23 heteroatoms. The van der Waals surface area contributed by atoms with Crippen molar-refractivity contribution in [2.24, 2.45) is 40.1 Å². The van der Waals surface area contributed by atoms with Crippen molar-refractivity contribution < 1.29 is 62.9 Å². The van der Waals surface area contributed by atoms with Gasteiger partial charge in [0.1, 0.15) is 42.0 Å². The SMILES string of the molecule is C=C1C(=O)N[C@H](C)C(=O)NC(CC(C)C)C(=O)NC(C(=O)O)[C@H](C)C(=O)NC(CCCN=C(N)N)C(=O)N[C@@H](/C=C/C(C)=C/[C@H](C)[C@H](Cc2ccccc2)OC(C)=O)[C@H](C)C(=O)N[C@@H](C(=O)O)CCC(=O)N1C. The minimum Gasteiger partial charge on any atom is -0.480 e. The summed E-state index contributed by atoms with van der Waals surface area (Å²) >= 11 is 0. The monoisotopic (exact) mass is 1020 g/mol. The summed E-state index contributed by atoms with van der Waals surface area (Å²) in [6, 6.07) is 0.440. The van der Waals surface area contributed by atoms with E-state index in [0.717, 1.165) is 10.5 Å². The number of nitrogens with zero attached hydrogens (tertiary/aromatic N) is 2. The third-order valence-corrected chi connectivity index (χ3v) is 12.0. The van der Waals surface area contributed by atoms with Gasteiger partial charge in [0.05, 0.1) is 17.9 Å². The number of nitrogens with two attached hydrogens (primary N) is 2. The number of hydrogen-bond donors (Lipinski definition) is 10. The van der Waals surface area contributed by atoms with Crippen LogP contribution in [0, 0.1) is 23.7 Å². The summed E-state index contributed by atoms with van der Waals surface area (Å²) in [5.41, 5.74) is 12.1. The first-order valence-electron chi connectivity index (χ1n) is 24.0. The van der Waals surface area contributed by atoms with Gasteiger partial charge in [-0.15, -0.1) is 0 Å². The highest BCUT2D eigenvalue weighted by molar-refractivity contribution is 6.00. The van der Waals surface area contributed by atoms with Crippen molar-refractivity contribution in [3.05, 3.63) is 72.0 Å². The van der Waals surface area contributed by atoms with Crippen LogP contribution in [0.4, 0.5) is 0 Å². The van der Waals surface area contributed by atoms with E-state index < -0.39 is 132 Å². The quantitative estimate of drug-likeness (QED) is 0.0286. The van der Waals surface area contributed by atoms with Gasteiger partial charge in [0.15, 0.2) is 5.96 Å². The lowest BCUT2D eigenvalue weighted by Crippen LogP contribution is -2.59. The van der Waals surface area contributed by atoms with Crippen molar-refractivity contribution >= 4 is 65.2 Å². The van der Waals surface area contributed by atoms with E-state index in [1.165, 1.54) is 40.8 Å². The smallest absolute Gasteiger partial charge is 0.327 e. The fourth-order valence-corrected chi connectivity index (χ4v) is 7.52. The maximum Gasteiger partial charge on any atom is 0.327 e. The number of carboxylic acid groups (broad SMARTS) is 2. The zero-order valence-corrected chi connectivity index (χ0v) is 43.1. The fraction of sp³-hybridized carbons (Fsp3) is 0.540. The van der Waals surface area contributed by atoms with Gasteiger partial charge in [-0.05, 0) is 51.0 Å². The summed E-state index contributed by atoms with van der Waals surface area (Å²) < 4.78 is 5.67. The minimum atomic E-state index is -1.90. The third kappa shape index (κ3) is 21.0. The normalized spacial score (nSPS) is 24.8. The molecule has 0 bridgehead atoms. The van der Waals surface area contributed by atoms with Crippen LogP contribution in [0.5, 0.6) is 0 Å². The first-order valence-corrected chi connectivity index (χ1v) is 24.0. The Hall–Kier alpha value is -7.59. The highest BCUT2D eigenvalue weighted by Gasteiger charge is 2.37. The van der Waals surface area contributed by atoms with Crippen LogP contribution in [0.3, 0.4) is 0 Å². The zero-order valence-electron chi connectivity index (χ0n) is 43.1. The van der Waals surface area contributed by atoms with Crippen molar-refractivity contribution in [1.82, 2.24) is 36.8 Å². The van der Waals surface area contributed by atoms with Crippen molar-refractivity contribution in [2.75, 3.05) is 13.6 Å². The summed E-state index contributed by atoms with van der Waals surface area (Å²) in [6.07, 6.45) is 3.70. The number of likely N-dealkylation sites (N-methyl/N-ethyl adjacent to an activating group) is 1. The van der Waals surface area contributed by atoms with E-state index >= 15 is 0 Å². The van der Waals surface area contributed by atoms with Gasteiger partial charge in [-0.2, -0.15) is 0 Å². The van der Waals surface area contributed by atoms with Crippen LogP contribution < -0.4 is 43.4 Å². The number of guanidine groups is 1. The van der Waals surface area contributed by atoms with Gasteiger partial charge in [0.25, 0.3) is 5.91 Å². The molecule has 10 atom stereocenters. The standard InChI is InChI=1S/C50H74N10O13/c1-26(2)23-38-47(68)59-41(49(71)72)30(6)43(64)56-36(17-14-22-53-50(51)52)46(67)55-35(19-18-27(3)24-28(4)39(73-33(9)61)25-34-15-12-11-13-16-34)29(5)42(63)57-37(48(69)70)20-21-40(62)60(10)32(8)45(66)54-31(7)44(65)58-38/h11-13,15-16,18-19,24,26,28-31,35-39,41H,8,14,17,20-23,25H2,1-7,9-10H3,(H,54,66)(H,55,67)(H,56,64)(H,57,63)(H,58,65)(H,59,68)(H,69,70)(H,71,72)(H4,51,52,53)/b19-18+,27-24+/t28-,29-,30-,31+,35-,36?,37+,38?,39-,41?/m0/s1. The van der Waals surface area contributed by atoms with Gasteiger partial charge in [-0.1, -0.05) is 95.3 Å². The van der Waals surface area contributed by atoms with Gasteiger partial charge in [-0.25, -0.2) is 9.59 Å². The summed E-state index contributed by atoms with van der Waals surface area (Å²) in [5, 5.41) is 35.4. The molecular weight excluding hydrogens is 949 g/mol. The first-order chi connectivity index (χ1) is 34.1. The Labute approximate surface area is 425 Å².